The highest BCUT2D eigenvalue weighted by Gasteiger charge is 2.39. The standard InChI is InChI=1S/C23H24F5N5O.C8H12FN/c1-11-6-4-5-7-33(10-11)21-14-9-30-19(18(25)20(14)31-22(32-21)34-3)13-8-15(29)17(24)12(2)16(13)23(26,27)28;9-5-7-4-8-2-1-3-10(8)6-7/h8-9,11H,4-7,10,29H2,1-3H3;5,8H,1-4,6H2/b;7-5+. The summed E-state index contributed by atoms with van der Waals surface area (Å²) in [6, 6.07) is 1.31. The number of hydrogen-bond acceptors (Lipinski definition) is 7. The molecule has 7 nitrogen and oxygen atoms in total. The number of pyridine rings is 1. The highest BCUT2D eigenvalue weighted by Crippen LogP contribution is 2.43. The van der Waals surface area contributed by atoms with Crippen LogP contribution in [0.4, 0.5) is 37.8 Å². The Morgan fingerprint density at radius 2 is 1.84 bits per heavy atom. The topological polar surface area (TPSA) is 80.4 Å². The van der Waals surface area contributed by atoms with Gasteiger partial charge in [-0.15, -0.1) is 0 Å². The van der Waals surface area contributed by atoms with Gasteiger partial charge in [-0.25, -0.2) is 13.2 Å². The molecular weight excluding hydrogens is 586 g/mol. The monoisotopic (exact) mass is 622 g/mol. The maximum Gasteiger partial charge on any atom is 0.417 e. The Bertz CT molecular complexity index is 1550. The van der Waals surface area contributed by atoms with E-state index in [-0.39, 0.29) is 16.9 Å². The summed E-state index contributed by atoms with van der Waals surface area (Å²) in [5.74, 6) is -1.54. The summed E-state index contributed by atoms with van der Waals surface area (Å²) in [5.41, 5.74) is 2.43. The first kappa shape index (κ1) is 31.8. The Labute approximate surface area is 252 Å². The fraction of sp³-hybridized carbons (Fsp3) is 0.516. The van der Waals surface area contributed by atoms with E-state index in [1.807, 2.05) is 4.90 Å². The van der Waals surface area contributed by atoms with Gasteiger partial charge in [-0.1, -0.05) is 13.3 Å². The van der Waals surface area contributed by atoms with Crippen molar-refractivity contribution in [3.8, 4) is 17.3 Å². The molecule has 0 spiro atoms. The van der Waals surface area contributed by atoms with E-state index in [2.05, 4.69) is 26.8 Å². The van der Waals surface area contributed by atoms with Gasteiger partial charge in [0.05, 0.1) is 30.1 Å². The molecular formula is C31H36F6N6O. The largest absolute Gasteiger partial charge is 0.467 e. The number of nitrogen functional groups attached to an aromatic ring is 1. The molecule has 0 amide bonds. The average Bonchev–Trinajstić information content (AvgIpc) is 3.52. The van der Waals surface area contributed by atoms with Gasteiger partial charge in [0.15, 0.2) is 5.82 Å². The van der Waals surface area contributed by atoms with E-state index in [1.165, 1.54) is 32.7 Å². The SMILES string of the molecule is COc1nc(N2CCCCC(C)C2)c2cnc(-c3cc(N)c(F)c(C)c3C(F)(F)F)c(F)c2n1.F/C=C1\CC2CCCN2C1. The van der Waals surface area contributed by atoms with Crippen LogP contribution in [0.5, 0.6) is 6.01 Å². The van der Waals surface area contributed by atoms with Crippen LogP contribution in [0, 0.1) is 24.5 Å². The van der Waals surface area contributed by atoms with E-state index in [4.69, 9.17) is 10.5 Å². The predicted molar refractivity (Wildman–Crippen MR) is 157 cm³/mol. The minimum atomic E-state index is -4.96. The van der Waals surface area contributed by atoms with E-state index >= 15 is 4.39 Å². The van der Waals surface area contributed by atoms with Gasteiger partial charge >= 0.3 is 12.2 Å². The van der Waals surface area contributed by atoms with E-state index in [1.54, 1.807) is 0 Å². The third-order valence-electron chi connectivity index (χ3n) is 8.66. The molecule has 3 aliphatic rings. The zero-order valence-corrected chi connectivity index (χ0v) is 24.9. The van der Waals surface area contributed by atoms with E-state index < -0.39 is 45.9 Å². The summed E-state index contributed by atoms with van der Waals surface area (Å²) in [6.45, 7) is 6.47. The Balaban J connectivity index is 0.000000322. The zero-order chi connectivity index (χ0) is 31.8. The molecule has 3 aliphatic heterocycles. The number of alkyl halides is 3. The van der Waals surface area contributed by atoms with E-state index in [9.17, 15) is 22.0 Å². The molecule has 1 aromatic carbocycles. The number of rotatable bonds is 3. The highest BCUT2D eigenvalue weighted by molar-refractivity contribution is 5.92. The third-order valence-corrected chi connectivity index (χ3v) is 8.66. The van der Waals surface area contributed by atoms with Crippen LogP contribution < -0.4 is 15.4 Å². The van der Waals surface area contributed by atoms with Gasteiger partial charge in [-0.05, 0) is 68.7 Å². The fourth-order valence-electron chi connectivity index (χ4n) is 6.50. The lowest BCUT2D eigenvalue weighted by atomic mass is 9.96. The summed E-state index contributed by atoms with van der Waals surface area (Å²) < 4.78 is 88.7. The molecule has 3 fully saturated rings. The van der Waals surface area contributed by atoms with Crippen LogP contribution in [-0.4, -0.2) is 59.2 Å². The van der Waals surface area contributed by atoms with Gasteiger partial charge in [0, 0.05) is 37.4 Å². The maximum absolute atomic E-state index is 15.8. The summed E-state index contributed by atoms with van der Waals surface area (Å²) in [7, 11) is 1.32. The molecule has 13 heteroatoms. The van der Waals surface area contributed by atoms with Crippen LogP contribution in [0.25, 0.3) is 22.2 Å². The number of fused-ring (bicyclic) bond motifs is 2. The number of aromatic nitrogens is 3. The van der Waals surface area contributed by atoms with Crippen molar-refractivity contribution in [2.45, 2.75) is 64.6 Å². The summed E-state index contributed by atoms with van der Waals surface area (Å²) in [5, 5.41) is 0.247. The van der Waals surface area contributed by atoms with Gasteiger partial charge in [-0.2, -0.15) is 23.1 Å². The molecule has 44 heavy (non-hydrogen) atoms. The van der Waals surface area contributed by atoms with Crippen molar-refractivity contribution in [2.24, 2.45) is 5.92 Å². The molecule has 3 saturated heterocycles. The van der Waals surface area contributed by atoms with E-state index in [0.29, 0.717) is 30.9 Å². The highest BCUT2D eigenvalue weighted by atomic mass is 19.4. The summed E-state index contributed by atoms with van der Waals surface area (Å²) in [4.78, 5) is 16.9. The summed E-state index contributed by atoms with van der Waals surface area (Å²) in [6.07, 6.45) is 3.63. The number of ether oxygens (including phenoxy) is 1. The van der Waals surface area contributed by atoms with Gasteiger partial charge in [0.2, 0.25) is 0 Å². The van der Waals surface area contributed by atoms with Crippen molar-refractivity contribution in [3.05, 3.63) is 46.9 Å². The number of methoxy groups -OCH3 is 1. The molecule has 2 aromatic heterocycles. The lowest BCUT2D eigenvalue weighted by Crippen LogP contribution is -2.28. The summed E-state index contributed by atoms with van der Waals surface area (Å²) >= 11 is 0. The zero-order valence-electron chi connectivity index (χ0n) is 24.9. The minimum absolute atomic E-state index is 0.124. The Kier molecular flexibility index (Phi) is 9.24. The number of halogens is 6. The van der Waals surface area contributed by atoms with Gasteiger partial charge in [-0.3, -0.25) is 9.88 Å². The van der Waals surface area contributed by atoms with Crippen LogP contribution >= 0.6 is 0 Å². The lowest BCUT2D eigenvalue weighted by Gasteiger charge is -2.25. The number of hydrogen-bond donors (Lipinski definition) is 1. The number of benzene rings is 1. The average molecular weight is 623 g/mol. The molecule has 6 rings (SSSR count). The van der Waals surface area contributed by atoms with Crippen LogP contribution in [0.3, 0.4) is 0 Å². The Hall–Kier alpha value is -3.61. The van der Waals surface area contributed by atoms with Crippen molar-refractivity contribution in [2.75, 3.05) is 43.9 Å². The second kappa shape index (κ2) is 12.8. The molecule has 5 heterocycles. The first-order chi connectivity index (χ1) is 20.9. The molecule has 0 aliphatic carbocycles. The predicted octanol–water partition coefficient (Wildman–Crippen LogP) is 7.22. The van der Waals surface area contributed by atoms with Crippen molar-refractivity contribution < 1.29 is 31.1 Å². The van der Waals surface area contributed by atoms with Gasteiger partial charge in [0.1, 0.15) is 22.8 Å². The van der Waals surface area contributed by atoms with Crippen LogP contribution in [0.1, 0.15) is 56.6 Å². The number of nitrogens with two attached hydrogens (primary N) is 1. The normalized spacial score (nSPS) is 21.8. The number of nitrogens with zero attached hydrogens (tertiary/aromatic N) is 5. The second-order valence-corrected chi connectivity index (χ2v) is 11.8. The number of anilines is 2. The van der Waals surface area contributed by atoms with Crippen LogP contribution in [0.15, 0.2) is 24.2 Å². The first-order valence-corrected chi connectivity index (χ1v) is 14.8. The van der Waals surface area contributed by atoms with Crippen molar-refractivity contribution >= 4 is 22.4 Å². The van der Waals surface area contributed by atoms with Crippen LogP contribution in [0.2, 0.25) is 0 Å². The minimum Gasteiger partial charge on any atom is -0.467 e. The lowest BCUT2D eigenvalue weighted by molar-refractivity contribution is -0.137. The molecule has 0 saturated carbocycles. The van der Waals surface area contributed by atoms with Crippen molar-refractivity contribution in [1.82, 2.24) is 19.9 Å². The molecule has 2 atom stereocenters. The smallest absolute Gasteiger partial charge is 0.417 e. The Morgan fingerprint density at radius 1 is 1.07 bits per heavy atom. The fourth-order valence-corrected chi connectivity index (χ4v) is 6.50. The van der Waals surface area contributed by atoms with E-state index in [0.717, 1.165) is 57.1 Å². The second-order valence-electron chi connectivity index (χ2n) is 11.8. The van der Waals surface area contributed by atoms with Crippen molar-refractivity contribution in [3.63, 3.8) is 0 Å². The molecule has 0 radical (unpaired) electrons. The molecule has 0 bridgehead atoms. The van der Waals surface area contributed by atoms with Crippen molar-refractivity contribution in [1.29, 1.82) is 0 Å². The van der Waals surface area contributed by atoms with Gasteiger partial charge in [0.25, 0.3) is 0 Å². The third kappa shape index (κ3) is 6.29. The van der Waals surface area contributed by atoms with Crippen LogP contribution in [-0.2, 0) is 6.18 Å². The first-order valence-electron chi connectivity index (χ1n) is 14.8. The molecule has 3 aromatic rings. The Morgan fingerprint density at radius 3 is 2.52 bits per heavy atom. The molecule has 2 N–H and O–H groups in total. The van der Waals surface area contributed by atoms with Gasteiger partial charge < -0.3 is 15.4 Å². The maximum atomic E-state index is 15.8. The molecule has 238 valence electrons. The quantitative estimate of drug-likeness (QED) is 0.244. The molecule has 2 unspecified atom stereocenters.